The van der Waals surface area contributed by atoms with Crippen LogP contribution in [0.4, 0.5) is 0 Å². The second-order valence-corrected chi connectivity index (χ2v) is 4.57. The van der Waals surface area contributed by atoms with Gasteiger partial charge < -0.3 is 20.5 Å². The van der Waals surface area contributed by atoms with Crippen molar-refractivity contribution in [2.24, 2.45) is 5.73 Å². The van der Waals surface area contributed by atoms with Crippen LogP contribution in [0.3, 0.4) is 0 Å². The van der Waals surface area contributed by atoms with Gasteiger partial charge >= 0.3 is 0 Å². The van der Waals surface area contributed by atoms with E-state index >= 15 is 0 Å². The van der Waals surface area contributed by atoms with Crippen molar-refractivity contribution in [1.29, 1.82) is 0 Å². The van der Waals surface area contributed by atoms with Gasteiger partial charge in [-0.25, -0.2) is 0 Å². The molecule has 0 atom stereocenters. The second kappa shape index (κ2) is 7.63. The molecule has 1 rings (SSSR count). The fraction of sp³-hybridized carbons (Fsp3) is 0.500. The van der Waals surface area contributed by atoms with Crippen molar-refractivity contribution in [3.05, 3.63) is 23.8 Å². The Kier molecular flexibility index (Phi) is 6.15. The molecular formula is C14H22N2O3. The van der Waals surface area contributed by atoms with Crippen molar-refractivity contribution in [2.45, 2.75) is 32.9 Å². The molecule has 0 saturated heterocycles. The molecule has 0 saturated carbocycles. The third-order valence-corrected chi connectivity index (χ3v) is 2.58. The van der Waals surface area contributed by atoms with Crippen LogP contribution in [-0.2, 0) is 11.3 Å². The maximum absolute atomic E-state index is 10.7. The average Bonchev–Trinajstić information content (AvgIpc) is 2.36. The summed E-state index contributed by atoms with van der Waals surface area (Å²) in [5, 5.41) is 3.33. The normalized spacial score (nSPS) is 10.5. The van der Waals surface area contributed by atoms with E-state index in [1.54, 1.807) is 7.11 Å². The molecule has 0 fully saturated rings. The highest BCUT2D eigenvalue weighted by atomic mass is 16.5. The first-order chi connectivity index (χ1) is 9.02. The van der Waals surface area contributed by atoms with Crippen molar-refractivity contribution in [3.63, 3.8) is 0 Å². The largest absolute Gasteiger partial charge is 0.497 e. The number of hydrogen-bond donors (Lipinski definition) is 2. The topological polar surface area (TPSA) is 73.6 Å². The second-order valence-electron chi connectivity index (χ2n) is 4.57. The van der Waals surface area contributed by atoms with Gasteiger partial charge in [-0.1, -0.05) is 19.9 Å². The predicted octanol–water partition coefficient (Wildman–Crippen LogP) is 1.45. The molecule has 1 amide bonds. The van der Waals surface area contributed by atoms with Gasteiger partial charge in [-0.05, 0) is 6.07 Å². The van der Waals surface area contributed by atoms with E-state index in [1.165, 1.54) is 0 Å². The van der Waals surface area contributed by atoms with Gasteiger partial charge in [0, 0.05) is 24.2 Å². The number of nitrogens with one attached hydrogen (secondary N) is 1. The van der Waals surface area contributed by atoms with Crippen LogP contribution < -0.4 is 20.5 Å². The molecule has 1 aromatic carbocycles. The Morgan fingerprint density at radius 1 is 1.42 bits per heavy atom. The summed E-state index contributed by atoms with van der Waals surface area (Å²) < 4.78 is 10.8. The summed E-state index contributed by atoms with van der Waals surface area (Å²) in [6.45, 7) is 5.14. The number of carbonyl (C=O) groups is 1. The Labute approximate surface area is 114 Å². The van der Waals surface area contributed by atoms with Crippen molar-refractivity contribution >= 4 is 5.91 Å². The highest BCUT2D eigenvalue weighted by Gasteiger charge is 2.07. The van der Waals surface area contributed by atoms with Crippen LogP contribution in [0, 0.1) is 0 Å². The van der Waals surface area contributed by atoms with Crippen LogP contribution in [0.15, 0.2) is 18.2 Å². The zero-order valence-electron chi connectivity index (χ0n) is 11.7. The molecule has 0 spiro atoms. The van der Waals surface area contributed by atoms with Gasteiger partial charge in [-0.15, -0.1) is 0 Å². The van der Waals surface area contributed by atoms with Crippen molar-refractivity contribution in [1.82, 2.24) is 5.32 Å². The van der Waals surface area contributed by atoms with E-state index in [-0.39, 0.29) is 18.9 Å². The van der Waals surface area contributed by atoms with E-state index in [2.05, 4.69) is 19.2 Å². The summed E-state index contributed by atoms with van der Waals surface area (Å²) in [5.74, 6) is 1.07. The minimum Gasteiger partial charge on any atom is -0.497 e. The summed E-state index contributed by atoms with van der Waals surface area (Å²) >= 11 is 0. The fourth-order valence-electron chi connectivity index (χ4n) is 1.52. The molecule has 0 radical (unpaired) electrons. The summed E-state index contributed by atoms with van der Waals surface area (Å²) in [4.78, 5) is 10.7. The van der Waals surface area contributed by atoms with Gasteiger partial charge in [0.1, 0.15) is 11.5 Å². The highest BCUT2D eigenvalue weighted by molar-refractivity contribution is 5.73. The molecule has 106 valence electrons. The van der Waals surface area contributed by atoms with E-state index in [9.17, 15) is 4.79 Å². The molecule has 0 aliphatic rings. The monoisotopic (exact) mass is 266 g/mol. The number of methoxy groups -OCH3 is 1. The fourth-order valence-corrected chi connectivity index (χ4v) is 1.52. The Morgan fingerprint density at radius 2 is 2.16 bits per heavy atom. The van der Waals surface area contributed by atoms with Gasteiger partial charge in [-0.2, -0.15) is 0 Å². The number of rotatable bonds is 8. The first-order valence-corrected chi connectivity index (χ1v) is 6.34. The van der Waals surface area contributed by atoms with Gasteiger partial charge in [0.15, 0.2) is 0 Å². The first-order valence-electron chi connectivity index (χ1n) is 6.34. The third kappa shape index (κ3) is 5.61. The molecule has 0 unspecified atom stereocenters. The molecule has 0 aromatic heterocycles. The SMILES string of the molecule is COc1ccc(CNC(C)C)c(OCCC(N)=O)c1. The number of amides is 1. The Balaban J connectivity index is 2.73. The standard InChI is InChI=1S/C14H22N2O3/c1-10(2)16-9-11-4-5-12(18-3)8-13(11)19-7-6-14(15)17/h4-5,8,10,16H,6-7,9H2,1-3H3,(H2,15,17). The number of hydrogen-bond acceptors (Lipinski definition) is 4. The molecule has 0 heterocycles. The average molecular weight is 266 g/mol. The Bertz CT molecular complexity index is 419. The minimum atomic E-state index is -0.371. The Morgan fingerprint density at radius 3 is 2.74 bits per heavy atom. The van der Waals surface area contributed by atoms with Gasteiger partial charge in [-0.3, -0.25) is 4.79 Å². The maximum Gasteiger partial charge on any atom is 0.220 e. The van der Waals surface area contributed by atoms with Crippen LogP contribution in [0.2, 0.25) is 0 Å². The van der Waals surface area contributed by atoms with E-state index in [0.29, 0.717) is 18.3 Å². The molecule has 5 nitrogen and oxygen atoms in total. The lowest BCUT2D eigenvalue weighted by atomic mass is 10.2. The Hall–Kier alpha value is -1.75. The lowest BCUT2D eigenvalue weighted by molar-refractivity contribution is -0.118. The molecule has 3 N–H and O–H groups in total. The molecule has 0 aliphatic carbocycles. The summed E-state index contributed by atoms with van der Waals surface area (Å²) in [6, 6.07) is 6.05. The van der Waals surface area contributed by atoms with E-state index in [0.717, 1.165) is 11.3 Å². The molecule has 1 aromatic rings. The number of primary amides is 1. The predicted molar refractivity (Wildman–Crippen MR) is 74.3 cm³/mol. The number of ether oxygens (including phenoxy) is 2. The lowest BCUT2D eigenvalue weighted by Gasteiger charge is -2.14. The quantitative estimate of drug-likeness (QED) is 0.747. The zero-order valence-corrected chi connectivity index (χ0v) is 11.7. The van der Waals surface area contributed by atoms with Crippen LogP contribution in [-0.4, -0.2) is 25.7 Å². The molecule has 0 aliphatic heterocycles. The van der Waals surface area contributed by atoms with Gasteiger partial charge in [0.05, 0.1) is 20.1 Å². The van der Waals surface area contributed by atoms with Crippen molar-refractivity contribution in [2.75, 3.05) is 13.7 Å². The molecule has 19 heavy (non-hydrogen) atoms. The summed E-state index contributed by atoms with van der Waals surface area (Å²) in [7, 11) is 1.61. The minimum absolute atomic E-state index is 0.203. The zero-order chi connectivity index (χ0) is 14.3. The van der Waals surface area contributed by atoms with E-state index in [1.807, 2.05) is 18.2 Å². The van der Waals surface area contributed by atoms with Crippen LogP contribution in [0.25, 0.3) is 0 Å². The van der Waals surface area contributed by atoms with Crippen molar-refractivity contribution < 1.29 is 14.3 Å². The number of nitrogens with two attached hydrogens (primary N) is 1. The maximum atomic E-state index is 10.7. The highest BCUT2D eigenvalue weighted by Crippen LogP contribution is 2.25. The van der Waals surface area contributed by atoms with Crippen LogP contribution in [0.5, 0.6) is 11.5 Å². The third-order valence-electron chi connectivity index (χ3n) is 2.58. The van der Waals surface area contributed by atoms with Gasteiger partial charge in [0.2, 0.25) is 5.91 Å². The summed E-state index contributed by atoms with van der Waals surface area (Å²) in [6.07, 6.45) is 0.203. The molecule has 0 bridgehead atoms. The number of carbonyl (C=O) groups excluding carboxylic acids is 1. The van der Waals surface area contributed by atoms with Gasteiger partial charge in [0.25, 0.3) is 0 Å². The first kappa shape index (κ1) is 15.3. The van der Waals surface area contributed by atoms with Crippen LogP contribution in [0.1, 0.15) is 25.8 Å². The summed E-state index contributed by atoms with van der Waals surface area (Å²) in [5.41, 5.74) is 6.12. The molecular weight excluding hydrogens is 244 g/mol. The van der Waals surface area contributed by atoms with E-state index < -0.39 is 0 Å². The van der Waals surface area contributed by atoms with E-state index in [4.69, 9.17) is 15.2 Å². The lowest BCUT2D eigenvalue weighted by Crippen LogP contribution is -2.22. The smallest absolute Gasteiger partial charge is 0.220 e. The van der Waals surface area contributed by atoms with Crippen LogP contribution >= 0.6 is 0 Å². The molecule has 5 heteroatoms. The van der Waals surface area contributed by atoms with Crippen molar-refractivity contribution in [3.8, 4) is 11.5 Å². The number of benzene rings is 1.